The lowest BCUT2D eigenvalue weighted by molar-refractivity contribution is -0.118. The summed E-state index contributed by atoms with van der Waals surface area (Å²) in [6, 6.07) is 18.3. The van der Waals surface area contributed by atoms with E-state index in [1.54, 1.807) is 0 Å². The minimum atomic E-state index is -0.294. The molecule has 5 nitrogen and oxygen atoms in total. The zero-order valence-corrected chi connectivity index (χ0v) is 17.7. The normalized spacial score (nSPS) is 16.5. The number of carbonyl (C=O) groups excluding carboxylic acids is 1. The van der Waals surface area contributed by atoms with Crippen LogP contribution in [0.15, 0.2) is 54.6 Å². The minimum absolute atomic E-state index is 0.0196. The van der Waals surface area contributed by atoms with E-state index in [0.717, 1.165) is 38.4 Å². The molecule has 29 heavy (non-hydrogen) atoms. The van der Waals surface area contributed by atoms with Gasteiger partial charge in [0.1, 0.15) is 0 Å². The summed E-state index contributed by atoms with van der Waals surface area (Å²) < 4.78 is 5.41. The number of carbonyl (C=O) groups is 1. The molecule has 0 saturated carbocycles. The van der Waals surface area contributed by atoms with Crippen molar-refractivity contribution in [2.75, 3.05) is 36.5 Å². The van der Waals surface area contributed by atoms with E-state index in [4.69, 9.17) is 4.74 Å². The van der Waals surface area contributed by atoms with Gasteiger partial charge >= 0.3 is 0 Å². The molecule has 5 heteroatoms. The summed E-state index contributed by atoms with van der Waals surface area (Å²) >= 11 is 0. The van der Waals surface area contributed by atoms with Crippen LogP contribution in [-0.2, 0) is 9.53 Å². The molecule has 0 unspecified atom stereocenters. The Balaban J connectivity index is 1.58. The van der Waals surface area contributed by atoms with Gasteiger partial charge in [-0.25, -0.2) is 0 Å². The fourth-order valence-electron chi connectivity index (χ4n) is 3.66. The summed E-state index contributed by atoms with van der Waals surface area (Å²) in [5.74, 6) is 0.518. The van der Waals surface area contributed by atoms with E-state index in [1.807, 2.05) is 37.3 Å². The summed E-state index contributed by atoms with van der Waals surface area (Å²) in [7, 11) is 0. The maximum atomic E-state index is 12.8. The summed E-state index contributed by atoms with van der Waals surface area (Å²) in [5, 5.41) is 6.55. The molecule has 1 amide bonds. The Morgan fingerprint density at radius 2 is 1.66 bits per heavy atom. The van der Waals surface area contributed by atoms with E-state index in [9.17, 15) is 4.79 Å². The summed E-state index contributed by atoms with van der Waals surface area (Å²) in [6.07, 6.45) is 0.982. The van der Waals surface area contributed by atoms with Crippen molar-refractivity contribution in [2.45, 2.75) is 39.3 Å². The lowest BCUT2D eigenvalue weighted by Gasteiger charge is -2.29. The predicted molar refractivity (Wildman–Crippen MR) is 119 cm³/mol. The zero-order valence-electron chi connectivity index (χ0n) is 17.7. The Bertz CT molecular complexity index is 755. The lowest BCUT2D eigenvalue weighted by atomic mass is 9.96. The Morgan fingerprint density at radius 3 is 2.28 bits per heavy atom. The fraction of sp³-hybridized carbons (Fsp3) is 0.458. The second-order valence-electron chi connectivity index (χ2n) is 8.12. The molecule has 156 valence electrons. The quantitative estimate of drug-likeness (QED) is 0.702. The van der Waals surface area contributed by atoms with Crippen molar-refractivity contribution in [1.82, 2.24) is 5.32 Å². The molecule has 0 bridgehead atoms. The molecule has 0 aliphatic carbocycles. The van der Waals surface area contributed by atoms with Crippen molar-refractivity contribution in [2.24, 2.45) is 5.92 Å². The highest BCUT2D eigenvalue weighted by Crippen LogP contribution is 2.22. The molecule has 1 aliphatic rings. The smallest absolute Gasteiger partial charge is 0.241 e. The molecular formula is C24H33N3O2. The number of anilines is 2. The molecular weight excluding hydrogens is 362 g/mol. The van der Waals surface area contributed by atoms with Crippen LogP contribution in [0.2, 0.25) is 0 Å². The Labute approximate surface area is 174 Å². The Hall–Kier alpha value is -2.37. The van der Waals surface area contributed by atoms with Gasteiger partial charge in [-0.15, -0.1) is 0 Å². The van der Waals surface area contributed by atoms with E-state index in [1.165, 1.54) is 11.3 Å². The molecule has 1 saturated heterocycles. The van der Waals surface area contributed by atoms with Crippen molar-refractivity contribution in [1.29, 1.82) is 0 Å². The van der Waals surface area contributed by atoms with Gasteiger partial charge < -0.3 is 15.0 Å². The van der Waals surface area contributed by atoms with Gasteiger partial charge in [-0.1, -0.05) is 44.2 Å². The molecule has 0 radical (unpaired) electrons. The van der Waals surface area contributed by atoms with Crippen molar-refractivity contribution < 1.29 is 9.53 Å². The third kappa shape index (κ3) is 6.31. The average molecular weight is 396 g/mol. The molecule has 0 aromatic heterocycles. The van der Waals surface area contributed by atoms with Crippen LogP contribution in [0.1, 0.15) is 38.8 Å². The molecule has 1 fully saturated rings. The van der Waals surface area contributed by atoms with Gasteiger partial charge in [0.05, 0.1) is 19.3 Å². The lowest BCUT2D eigenvalue weighted by Crippen LogP contribution is -2.40. The largest absolute Gasteiger partial charge is 0.378 e. The monoisotopic (exact) mass is 395 g/mol. The fourth-order valence-corrected chi connectivity index (χ4v) is 3.66. The summed E-state index contributed by atoms with van der Waals surface area (Å²) in [5.41, 5.74) is 3.20. The van der Waals surface area contributed by atoms with Crippen LogP contribution in [0.5, 0.6) is 0 Å². The topological polar surface area (TPSA) is 53.6 Å². The van der Waals surface area contributed by atoms with Crippen LogP contribution in [-0.4, -0.2) is 38.3 Å². The zero-order chi connectivity index (χ0) is 20.6. The molecule has 2 aromatic rings. The van der Waals surface area contributed by atoms with Gasteiger partial charge in [-0.05, 0) is 49.1 Å². The average Bonchev–Trinajstić information content (AvgIpc) is 2.74. The highest BCUT2D eigenvalue weighted by atomic mass is 16.5. The van der Waals surface area contributed by atoms with Crippen LogP contribution < -0.4 is 15.5 Å². The number of hydrogen-bond acceptors (Lipinski definition) is 4. The minimum Gasteiger partial charge on any atom is -0.378 e. The van der Waals surface area contributed by atoms with Gasteiger partial charge in [-0.2, -0.15) is 0 Å². The first-order valence-electron chi connectivity index (χ1n) is 10.6. The van der Waals surface area contributed by atoms with E-state index < -0.39 is 0 Å². The number of rotatable bonds is 8. The molecule has 1 heterocycles. The SMILES string of the molecule is CC(C)C[C@@H](N[C@@H](C)C(=O)Nc1ccc(N2CCOCC2)cc1)c1ccccc1. The summed E-state index contributed by atoms with van der Waals surface area (Å²) in [4.78, 5) is 15.1. The first kappa shape index (κ1) is 21.3. The van der Waals surface area contributed by atoms with Gasteiger partial charge in [0.2, 0.25) is 5.91 Å². The first-order valence-corrected chi connectivity index (χ1v) is 10.6. The standard InChI is InChI=1S/C24H33N3O2/c1-18(2)17-23(20-7-5-4-6-8-20)25-19(3)24(28)26-21-9-11-22(12-10-21)27-13-15-29-16-14-27/h4-12,18-19,23,25H,13-17H2,1-3H3,(H,26,28)/t19-,23+/m0/s1. The van der Waals surface area contributed by atoms with Gasteiger partial charge in [0.15, 0.2) is 0 Å². The number of amides is 1. The van der Waals surface area contributed by atoms with Crippen LogP contribution >= 0.6 is 0 Å². The second kappa shape index (κ2) is 10.4. The predicted octanol–water partition coefficient (Wildman–Crippen LogP) is 4.23. The number of hydrogen-bond donors (Lipinski definition) is 2. The molecule has 2 atom stereocenters. The van der Waals surface area contributed by atoms with Crippen LogP contribution in [0.4, 0.5) is 11.4 Å². The van der Waals surface area contributed by atoms with Crippen LogP contribution in [0.25, 0.3) is 0 Å². The van der Waals surface area contributed by atoms with Crippen molar-refractivity contribution in [3.63, 3.8) is 0 Å². The molecule has 0 spiro atoms. The summed E-state index contributed by atoms with van der Waals surface area (Å²) in [6.45, 7) is 9.68. The van der Waals surface area contributed by atoms with Gasteiger partial charge in [0.25, 0.3) is 0 Å². The number of nitrogens with one attached hydrogen (secondary N) is 2. The third-order valence-electron chi connectivity index (χ3n) is 5.26. The molecule has 3 rings (SSSR count). The molecule has 1 aliphatic heterocycles. The Kier molecular flexibility index (Phi) is 7.67. The second-order valence-corrected chi connectivity index (χ2v) is 8.12. The number of ether oxygens (including phenoxy) is 1. The van der Waals surface area contributed by atoms with Crippen LogP contribution in [0, 0.1) is 5.92 Å². The maximum absolute atomic E-state index is 12.8. The highest BCUT2D eigenvalue weighted by Gasteiger charge is 2.20. The van der Waals surface area contributed by atoms with E-state index in [2.05, 4.69) is 53.6 Å². The highest BCUT2D eigenvalue weighted by molar-refractivity contribution is 5.94. The third-order valence-corrected chi connectivity index (χ3v) is 5.26. The van der Waals surface area contributed by atoms with Gasteiger partial charge in [0, 0.05) is 30.5 Å². The first-order chi connectivity index (χ1) is 14.0. The van der Waals surface area contributed by atoms with Crippen LogP contribution in [0.3, 0.4) is 0 Å². The van der Waals surface area contributed by atoms with E-state index in [0.29, 0.717) is 5.92 Å². The molecule has 2 aromatic carbocycles. The van der Waals surface area contributed by atoms with Gasteiger partial charge in [-0.3, -0.25) is 10.1 Å². The molecule has 2 N–H and O–H groups in total. The van der Waals surface area contributed by atoms with Crippen molar-refractivity contribution in [3.05, 3.63) is 60.2 Å². The van der Waals surface area contributed by atoms with Crippen molar-refractivity contribution >= 4 is 17.3 Å². The van der Waals surface area contributed by atoms with E-state index >= 15 is 0 Å². The number of morpholine rings is 1. The van der Waals surface area contributed by atoms with E-state index in [-0.39, 0.29) is 18.0 Å². The Morgan fingerprint density at radius 1 is 1.00 bits per heavy atom. The number of nitrogens with zero attached hydrogens (tertiary/aromatic N) is 1. The maximum Gasteiger partial charge on any atom is 0.241 e. The van der Waals surface area contributed by atoms with Crippen molar-refractivity contribution in [3.8, 4) is 0 Å². The number of benzene rings is 2.